The molecule has 0 unspecified atom stereocenters. The molecule has 0 heterocycles. The Bertz CT molecular complexity index is 731. The molecule has 9 heteroatoms. The predicted octanol–water partition coefficient (Wildman–Crippen LogP) is 4.62. The van der Waals surface area contributed by atoms with Gasteiger partial charge in [-0.05, 0) is 0 Å². The summed E-state index contributed by atoms with van der Waals surface area (Å²) in [4.78, 5) is 0. The SMILES string of the molecule is O=S(=O)(OI(c1ccccc1)c1ccc(I)cc1)C(F)(F)F. The van der Waals surface area contributed by atoms with Crippen molar-refractivity contribution in [3.8, 4) is 0 Å². The molecular weight excluding hydrogens is 547 g/mol. The van der Waals surface area contributed by atoms with Gasteiger partial charge in [0.25, 0.3) is 0 Å². The average Bonchev–Trinajstić information content (AvgIpc) is 2.46. The number of hydrogen-bond acceptors (Lipinski definition) is 3. The summed E-state index contributed by atoms with van der Waals surface area (Å²) in [7, 11) is -5.64. The Hall–Kier alpha value is -0.400. The van der Waals surface area contributed by atoms with E-state index in [1.807, 2.05) is 0 Å². The molecule has 0 aliphatic rings. The fourth-order valence-electron chi connectivity index (χ4n) is 1.39. The summed E-state index contributed by atoms with van der Waals surface area (Å²) >= 11 is -1.16. The molecule has 120 valence electrons. The van der Waals surface area contributed by atoms with Crippen molar-refractivity contribution < 1.29 is 24.1 Å². The zero-order chi connectivity index (χ0) is 16.4. The van der Waals surface area contributed by atoms with Crippen LogP contribution in [0.3, 0.4) is 0 Å². The summed E-state index contributed by atoms with van der Waals surface area (Å²) in [5, 5.41) is 0. The van der Waals surface area contributed by atoms with Crippen molar-refractivity contribution in [1.29, 1.82) is 0 Å². The number of benzene rings is 2. The van der Waals surface area contributed by atoms with Crippen LogP contribution in [0.25, 0.3) is 0 Å². The molecule has 0 bridgehead atoms. The second kappa shape index (κ2) is 7.01. The molecule has 2 rings (SSSR count). The Kier molecular flexibility index (Phi) is 5.72. The van der Waals surface area contributed by atoms with Crippen molar-refractivity contribution in [2.75, 3.05) is 0 Å². The van der Waals surface area contributed by atoms with Gasteiger partial charge in [-0.3, -0.25) is 0 Å². The molecule has 0 fully saturated rings. The first kappa shape index (κ1) is 17.9. The van der Waals surface area contributed by atoms with E-state index in [9.17, 15) is 21.6 Å². The third kappa shape index (κ3) is 4.32. The summed E-state index contributed by atoms with van der Waals surface area (Å²) in [6.45, 7) is 0. The van der Waals surface area contributed by atoms with Gasteiger partial charge in [0.05, 0.1) is 0 Å². The van der Waals surface area contributed by atoms with Gasteiger partial charge in [0, 0.05) is 0 Å². The van der Waals surface area contributed by atoms with Crippen molar-refractivity contribution >= 4 is 52.9 Å². The minimum atomic E-state index is -5.64. The van der Waals surface area contributed by atoms with E-state index < -0.39 is 35.9 Å². The molecule has 0 N–H and O–H groups in total. The topological polar surface area (TPSA) is 43.4 Å². The molecule has 0 aliphatic carbocycles. The van der Waals surface area contributed by atoms with Crippen LogP contribution in [-0.2, 0) is 12.6 Å². The quantitative estimate of drug-likeness (QED) is 0.408. The van der Waals surface area contributed by atoms with Crippen LogP contribution in [0.1, 0.15) is 0 Å². The maximum atomic E-state index is 12.6. The molecule has 0 spiro atoms. The molecule has 2 aromatic rings. The zero-order valence-electron chi connectivity index (χ0n) is 10.7. The molecule has 0 aromatic heterocycles. The molecule has 0 atom stereocenters. The van der Waals surface area contributed by atoms with Gasteiger partial charge < -0.3 is 0 Å². The Labute approximate surface area is 147 Å². The van der Waals surface area contributed by atoms with Crippen LogP contribution < -0.4 is 0 Å². The van der Waals surface area contributed by atoms with Crippen LogP contribution in [0, 0.1) is 10.7 Å². The first-order valence-electron chi connectivity index (χ1n) is 5.72. The van der Waals surface area contributed by atoms with Gasteiger partial charge in [-0.25, -0.2) is 0 Å². The van der Waals surface area contributed by atoms with Gasteiger partial charge in [0.1, 0.15) is 0 Å². The van der Waals surface area contributed by atoms with Crippen molar-refractivity contribution in [3.63, 3.8) is 0 Å². The van der Waals surface area contributed by atoms with Gasteiger partial charge in [-0.1, -0.05) is 0 Å². The first-order valence-corrected chi connectivity index (χ1v) is 11.2. The number of rotatable bonds is 4. The molecule has 0 saturated heterocycles. The standard InChI is InChI=1S/C13H9F3I2O3S/c14-13(15,16)22(19,20)21-18(11-4-2-1-3-5-11)12-8-6-10(17)7-9-12/h1-9H. The van der Waals surface area contributed by atoms with Gasteiger partial charge >= 0.3 is 148 Å². The molecule has 0 radical (unpaired) electrons. The van der Waals surface area contributed by atoms with E-state index in [-0.39, 0.29) is 0 Å². The van der Waals surface area contributed by atoms with E-state index in [1.54, 1.807) is 54.6 Å². The number of alkyl halides is 3. The molecular formula is C13H9F3I2O3S. The van der Waals surface area contributed by atoms with Gasteiger partial charge in [-0.15, -0.1) is 0 Å². The molecule has 0 amide bonds. The molecule has 0 saturated carbocycles. The Balaban J connectivity index is 2.46. The second-order valence-corrected chi connectivity index (χ2v) is 11.7. The molecule has 0 aliphatic heterocycles. The van der Waals surface area contributed by atoms with E-state index in [0.29, 0.717) is 7.14 Å². The van der Waals surface area contributed by atoms with Crippen molar-refractivity contribution in [1.82, 2.24) is 0 Å². The fourth-order valence-corrected chi connectivity index (χ4v) is 8.21. The monoisotopic (exact) mass is 556 g/mol. The van der Waals surface area contributed by atoms with E-state index in [2.05, 4.69) is 25.1 Å². The normalized spacial score (nSPS) is 13.0. The third-order valence-corrected chi connectivity index (χ3v) is 10.1. The molecule has 22 heavy (non-hydrogen) atoms. The number of hydrogen-bond donors (Lipinski definition) is 0. The van der Waals surface area contributed by atoms with Gasteiger partial charge in [-0.2, -0.15) is 0 Å². The summed E-state index contributed by atoms with van der Waals surface area (Å²) < 4.78 is 67.0. The van der Waals surface area contributed by atoms with E-state index in [1.165, 1.54) is 0 Å². The summed E-state index contributed by atoms with van der Waals surface area (Å²) in [5.41, 5.74) is -5.43. The molecule has 2 aromatic carbocycles. The Morgan fingerprint density at radius 2 is 1.41 bits per heavy atom. The van der Waals surface area contributed by atoms with Gasteiger partial charge in [0.15, 0.2) is 0 Å². The summed E-state index contributed by atoms with van der Waals surface area (Å²) in [5.74, 6) is 0. The minimum absolute atomic E-state index is 0.473. The van der Waals surface area contributed by atoms with Crippen LogP contribution in [0.2, 0.25) is 0 Å². The Morgan fingerprint density at radius 1 is 0.909 bits per heavy atom. The summed E-state index contributed by atoms with van der Waals surface area (Å²) in [6, 6.07) is 14.7. The Morgan fingerprint density at radius 3 is 1.91 bits per heavy atom. The van der Waals surface area contributed by atoms with Gasteiger partial charge in [0.2, 0.25) is 0 Å². The van der Waals surface area contributed by atoms with Crippen LogP contribution in [0.5, 0.6) is 0 Å². The third-order valence-electron chi connectivity index (χ3n) is 2.36. The second-order valence-electron chi connectivity index (χ2n) is 3.94. The van der Waals surface area contributed by atoms with E-state index in [0.717, 1.165) is 3.57 Å². The van der Waals surface area contributed by atoms with Crippen molar-refractivity contribution in [3.05, 3.63) is 65.3 Å². The van der Waals surface area contributed by atoms with Crippen LogP contribution in [0.4, 0.5) is 13.2 Å². The van der Waals surface area contributed by atoms with Crippen molar-refractivity contribution in [2.24, 2.45) is 0 Å². The average molecular weight is 556 g/mol. The van der Waals surface area contributed by atoms with Crippen LogP contribution in [0.15, 0.2) is 54.6 Å². The number of halogens is 5. The zero-order valence-corrected chi connectivity index (χ0v) is 15.9. The van der Waals surface area contributed by atoms with Crippen LogP contribution >= 0.6 is 42.8 Å². The maximum absolute atomic E-state index is 12.6. The predicted molar refractivity (Wildman–Crippen MR) is 93.1 cm³/mol. The molecule has 3 nitrogen and oxygen atoms in total. The fraction of sp³-hybridized carbons (Fsp3) is 0.0769. The van der Waals surface area contributed by atoms with Crippen LogP contribution in [-0.4, -0.2) is 13.9 Å². The van der Waals surface area contributed by atoms with E-state index in [4.69, 9.17) is 0 Å². The van der Waals surface area contributed by atoms with E-state index >= 15 is 0 Å². The summed E-state index contributed by atoms with van der Waals surface area (Å²) in [6.07, 6.45) is 0. The van der Waals surface area contributed by atoms with Crippen molar-refractivity contribution in [2.45, 2.75) is 5.51 Å². The first-order chi connectivity index (χ1) is 10.2.